The maximum Gasteiger partial charge on any atom is 0.254 e. The van der Waals surface area contributed by atoms with Crippen molar-refractivity contribution in [3.05, 3.63) is 56.5 Å². The van der Waals surface area contributed by atoms with Crippen molar-refractivity contribution >= 4 is 28.8 Å². The third kappa shape index (κ3) is 3.33. The Labute approximate surface area is 120 Å². The molecule has 0 unspecified atom stereocenters. The van der Waals surface area contributed by atoms with Crippen molar-refractivity contribution in [2.24, 2.45) is 0 Å². The predicted molar refractivity (Wildman–Crippen MR) is 76.3 cm³/mol. The molecule has 0 radical (unpaired) electrons. The molecule has 0 saturated heterocycles. The molecule has 0 bridgehead atoms. The van der Waals surface area contributed by atoms with E-state index >= 15 is 0 Å². The third-order valence-corrected chi connectivity index (χ3v) is 4.01. The van der Waals surface area contributed by atoms with Crippen LogP contribution in [0.1, 0.15) is 20.8 Å². The lowest BCUT2D eigenvalue weighted by atomic mass is 10.1. The van der Waals surface area contributed by atoms with Crippen LogP contribution in [0.15, 0.2) is 30.3 Å². The van der Waals surface area contributed by atoms with E-state index in [0.29, 0.717) is 16.4 Å². The lowest BCUT2D eigenvalue weighted by Crippen LogP contribution is -2.26. The van der Waals surface area contributed by atoms with E-state index < -0.39 is 5.82 Å². The summed E-state index contributed by atoms with van der Waals surface area (Å²) >= 11 is 7.29. The Morgan fingerprint density at radius 2 is 2.11 bits per heavy atom. The molecule has 2 aromatic rings. The molecule has 1 aromatic heterocycles. The summed E-state index contributed by atoms with van der Waals surface area (Å²) < 4.78 is 13.9. The van der Waals surface area contributed by atoms with E-state index in [0.717, 1.165) is 10.4 Å². The number of carbonyl (C=O) groups is 1. The first-order valence-corrected chi connectivity index (χ1v) is 6.92. The SMILES string of the molecule is Cc1ccc(F)cc1C(=O)N(C)Cc1ccc(Cl)s1. The third-order valence-electron chi connectivity index (χ3n) is 2.80. The maximum absolute atomic E-state index is 13.2. The molecule has 2 nitrogen and oxygen atoms in total. The van der Waals surface area contributed by atoms with Crippen molar-refractivity contribution in [3.8, 4) is 0 Å². The fraction of sp³-hybridized carbons (Fsp3) is 0.214. The Kier molecular flexibility index (Phi) is 4.22. The van der Waals surface area contributed by atoms with Gasteiger partial charge < -0.3 is 4.90 Å². The largest absolute Gasteiger partial charge is 0.337 e. The fourth-order valence-electron chi connectivity index (χ4n) is 1.77. The van der Waals surface area contributed by atoms with Gasteiger partial charge in [-0.1, -0.05) is 17.7 Å². The van der Waals surface area contributed by atoms with Crippen LogP contribution in [0.4, 0.5) is 4.39 Å². The van der Waals surface area contributed by atoms with Gasteiger partial charge in [-0.25, -0.2) is 4.39 Å². The van der Waals surface area contributed by atoms with Crippen molar-refractivity contribution in [1.29, 1.82) is 0 Å². The summed E-state index contributed by atoms with van der Waals surface area (Å²) in [6.45, 7) is 2.26. The topological polar surface area (TPSA) is 20.3 Å². The van der Waals surface area contributed by atoms with E-state index in [1.165, 1.54) is 23.5 Å². The van der Waals surface area contributed by atoms with E-state index in [1.54, 1.807) is 31.0 Å². The molecule has 0 atom stereocenters. The number of carbonyl (C=O) groups excluding carboxylic acids is 1. The minimum atomic E-state index is -0.401. The van der Waals surface area contributed by atoms with E-state index in [-0.39, 0.29) is 5.91 Å². The van der Waals surface area contributed by atoms with Crippen LogP contribution in [0.2, 0.25) is 4.34 Å². The molecule has 0 fully saturated rings. The van der Waals surface area contributed by atoms with E-state index in [9.17, 15) is 9.18 Å². The van der Waals surface area contributed by atoms with Crippen LogP contribution < -0.4 is 0 Å². The van der Waals surface area contributed by atoms with E-state index in [1.807, 2.05) is 6.07 Å². The Bertz CT molecular complexity index is 611. The molecule has 2 rings (SSSR count). The molecule has 0 saturated carbocycles. The van der Waals surface area contributed by atoms with Gasteiger partial charge in [0.2, 0.25) is 0 Å². The Balaban J connectivity index is 2.16. The normalized spacial score (nSPS) is 10.5. The molecular weight excluding hydrogens is 285 g/mol. The van der Waals surface area contributed by atoms with Crippen LogP contribution >= 0.6 is 22.9 Å². The number of thiophene rings is 1. The van der Waals surface area contributed by atoms with Gasteiger partial charge in [0.05, 0.1) is 10.9 Å². The van der Waals surface area contributed by atoms with Crippen molar-refractivity contribution < 1.29 is 9.18 Å². The lowest BCUT2D eigenvalue weighted by molar-refractivity contribution is 0.0785. The second-order valence-electron chi connectivity index (χ2n) is 4.33. The Morgan fingerprint density at radius 3 is 2.74 bits per heavy atom. The molecule has 19 heavy (non-hydrogen) atoms. The van der Waals surface area contributed by atoms with Crippen LogP contribution in [0.3, 0.4) is 0 Å². The summed E-state index contributed by atoms with van der Waals surface area (Å²) in [4.78, 5) is 14.8. The standard InChI is InChI=1S/C14H13ClFNOS/c1-9-3-4-10(16)7-12(9)14(18)17(2)8-11-5-6-13(15)19-11/h3-7H,8H2,1-2H3. The second kappa shape index (κ2) is 5.72. The molecule has 1 aromatic carbocycles. The first-order chi connectivity index (χ1) is 8.97. The Morgan fingerprint density at radius 1 is 1.37 bits per heavy atom. The molecular formula is C14H13ClFNOS. The molecule has 0 aliphatic rings. The van der Waals surface area contributed by atoms with Gasteiger partial charge in [-0.2, -0.15) is 0 Å². The lowest BCUT2D eigenvalue weighted by Gasteiger charge is -2.17. The number of amides is 1. The summed E-state index contributed by atoms with van der Waals surface area (Å²) in [7, 11) is 1.69. The summed E-state index contributed by atoms with van der Waals surface area (Å²) in [5, 5.41) is 0. The van der Waals surface area contributed by atoms with E-state index in [4.69, 9.17) is 11.6 Å². The van der Waals surface area contributed by atoms with Crippen molar-refractivity contribution in [3.63, 3.8) is 0 Å². The van der Waals surface area contributed by atoms with Gasteiger partial charge in [-0.3, -0.25) is 4.79 Å². The summed E-state index contributed by atoms with van der Waals surface area (Å²) in [5.74, 6) is -0.594. The quantitative estimate of drug-likeness (QED) is 0.834. The zero-order chi connectivity index (χ0) is 14.0. The van der Waals surface area contributed by atoms with Crippen LogP contribution in [0.5, 0.6) is 0 Å². The molecule has 100 valence electrons. The maximum atomic E-state index is 13.2. The number of benzene rings is 1. The first kappa shape index (κ1) is 14.0. The molecule has 0 spiro atoms. The minimum Gasteiger partial charge on any atom is -0.337 e. The van der Waals surface area contributed by atoms with Gasteiger partial charge in [0, 0.05) is 17.5 Å². The van der Waals surface area contributed by atoms with Crippen molar-refractivity contribution in [2.45, 2.75) is 13.5 Å². The Hall–Kier alpha value is -1.39. The fourth-order valence-corrected chi connectivity index (χ4v) is 2.91. The van der Waals surface area contributed by atoms with Gasteiger partial charge in [0.15, 0.2) is 0 Å². The van der Waals surface area contributed by atoms with E-state index in [2.05, 4.69) is 0 Å². The smallest absolute Gasteiger partial charge is 0.254 e. The van der Waals surface area contributed by atoms with Crippen LogP contribution in [-0.2, 0) is 6.54 Å². The van der Waals surface area contributed by atoms with Gasteiger partial charge >= 0.3 is 0 Å². The number of hydrogen-bond acceptors (Lipinski definition) is 2. The number of halogens is 2. The van der Waals surface area contributed by atoms with Gasteiger partial charge in [0.1, 0.15) is 5.82 Å². The zero-order valence-electron chi connectivity index (χ0n) is 10.6. The highest BCUT2D eigenvalue weighted by molar-refractivity contribution is 7.16. The molecule has 5 heteroatoms. The number of rotatable bonds is 3. The molecule has 0 aliphatic carbocycles. The monoisotopic (exact) mass is 297 g/mol. The molecule has 1 amide bonds. The van der Waals surface area contributed by atoms with Gasteiger partial charge in [-0.15, -0.1) is 11.3 Å². The van der Waals surface area contributed by atoms with Crippen LogP contribution in [0, 0.1) is 12.7 Å². The van der Waals surface area contributed by atoms with Gasteiger partial charge in [0.25, 0.3) is 5.91 Å². The van der Waals surface area contributed by atoms with Crippen LogP contribution in [0.25, 0.3) is 0 Å². The number of aryl methyl sites for hydroxylation is 1. The second-order valence-corrected chi connectivity index (χ2v) is 6.13. The highest BCUT2D eigenvalue weighted by Gasteiger charge is 2.15. The highest BCUT2D eigenvalue weighted by atomic mass is 35.5. The minimum absolute atomic E-state index is 0.193. The summed E-state index contributed by atoms with van der Waals surface area (Å²) in [5.41, 5.74) is 1.16. The average molecular weight is 298 g/mol. The highest BCUT2D eigenvalue weighted by Crippen LogP contribution is 2.23. The average Bonchev–Trinajstić information content (AvgIpc) is 2.77. The van der Waals surface area contributed by atoms with Crippen LogP contribution in [-0.4, -0.2) is 17.9 Å². The number of hydrogen-bond donors (Lipinski definition) is 0. The summed E-state index contributed by atoms with van der Waals surface area (Å²) in [6, 6.07) is 7.92. The predicted octanol–water partition coefficient (Wildman–Crippen LogP) is 4.12. The molecule has 1 heterocycles. The van der Waals surface area contributed by atoms with Gasteiger partial charge in [-0.05, 0) is 36.8 Å². The number of nitrogens with zero attached hydrogens (tertiary/aromatic N) is 1. The van der Waals surface area contributed by atoms with Crippen molar-refractivity contribution in [1.82, 2.24) is 4.90 Å². The molecule has 0 aliphatic heterocycles. The summed E-state index contributed by atoms with van der Waals surface area (Å²) in [6.07, 6.45) is 0. The zero-order valence-corrected chi connectivity index (χ0v) is 12.2. The first-order valence-electron chi connectivity index (χ1n) is 5.73. The molecule has 0 N–H and O–H groups in total. The van der Waals surface area contributed by atoms with Crippen molar-refractivity contribution in [2.75, 3.05) is 7.05 Å².